The van der Waals surface area contributed by atoms with Crippen molar-refractivity contribution in [1.82, 2.24) is 10.2 Å². The van der Waals surface area contributed by atoms with E-state index in [-0.39, 0.29) is 18.7 Å². The molecular weight excluding hydrogens is 236 g/mol. The normalized spacial score (nSPS) is 35.8. The van der Waals surface area contributed by atoms with Gasteiger partial charge in [0.25, 0.3) is 0 Å². The Morgan fingerprint density at radius 1 is 1.44 bits per heavy atom. The van der Waals surface area contributed by atoms with E-state index < -0.39 is 11.5 Å². The summed E-state index contributed by atoms with van der Waals surface area (Å²) in [5.41, 5.74) is -1.25. The topological polar surface area (TPSA) is 78.9 Å². The number of carbonyl (C=O) groups is 2. The third-order valence-electron chi connectivity index (χ3n) is 3.82. The Morgan fingerprint density at radius 3 is 2.61 bits per heavy atom. The van der Waals surface area contributed by atoms with Crippen LogP contribution in [0.2, 0.25) is 0 Å². The van der Waals surface area contributed by atoms with E-state index >= 15 is 0 Å². The van der Waals surface area contributed by atoms with Gasteiger partial charge in [-0.3, -0.25) is 0 Å². The number of ether oxygens (including phenoxy) is 1. The highest BCUT2D eigenvalue weighted by molar-refractivity contribution is 5.87. The minimum atomic E-state index is -1.25. The van der Waals surface area contributed by atoms with Crippen LogP contribution in [0.4, 0.5) is 4.79 Å². The van der Waals surface area contributed by atoms with E-state index in [2.05, 4.69) is 12.2 Å². The monoisotopic (exact) mass is 256 g/mol. The summed E-state index contributed by atoms with van der Waals surface area (Å²) in [5, 5.41) is 11.9. The minimum absolute atomic E-state index is 0.0475. The van der Waals surface area contributed by atoms with Gasteiger partial charge in [0.1, 0.15) is 0 Å². The number of likely N-dealkylation sites (tertiary alicyclic amines) is 1. The van der Waals surface area contributed by atoms with E-state index in [0.717, 1.165) is 6.42 Å². The molecule has 2 amide bonds. The number of nitrogens with one attached hydrogen (secondary N) is 1. The molecule has 0 radical (unpaired) electrons. The van der Waals surface area contributed by atoms with Crippen LogP contribution in [0.3, 0.4) is 0 Å². The van der Waals surface area contributed by atoms with Crippen molar-refractivity contribution >= 4 is 12.0 Å². The van der Waals surface area contributed by atoms with Gasteiger partial charge in [0.2, 0.25) is 0 Å². The van der Waals surface area contributed by atoms with Gasteiger partial charge < -0.3 is 20.1 Å². The molecule has 3 unspecified atom stereocenters. The third-order valence-corrected chi connectivity index (χ3v) is 3.82. The number of carboxylic acids is 1. The SMILES string of the molecule is CC1CC(C)N(C(=O)NC2(C(=O)O)CCOC2)C1. The summed E-state index contributed by atoms with van der Waals surface area (Å²) >= 11 is 0. The quantitative estimate of drug-likeness (QED) is 0.761. The second-order valence-corrected chi connectivity index (χ2v) is 5.46. The molecular formula is C12H20N2O4. The van der Waals surface area contributed by atoms with E-state index in [4.69, 9.17) is 4.74 Å². The van der Waals surface area contributed by atoms with Crippen molar-refractivity contribution in [3.63, 3.8) is 0 Å². The van der Waals surface area contributed by atoms with Gasteiger partial charge in [0, 0.05) is 25.6 Å². The maximum absolute atomic E-state index is 12.2. The molecule has 2 aliphatic rings. The molecule has 0 aromatic heterocycles. The molecule has 2 aliphatic heterocycles. The Kier molecular flexibility index (Phi) is 3.47. The molecule has 0 spiro atoms. The average molecular weight is 256 g/mol. The van der Waals surface area contributed by atoms with E-state index in [0.29, 0.717) is 25.5 Å². The zero-order valence-corrected chi connectivity index (χ0v) is 10.8. The van der Waals surface area contributed by atoms with Crippen LogP contribution in [-0.4, -0.2) is 53.3 Å². The van der Waals surface area contributed by atoms with Gasteiger partial charge in [-0.25, -0.2) is 9.59 Å². The summed E-state index contributed by atoms with van der Waals surface area (Å²) in [4.78, 5) is 25.2. The van der Waals surface area contributed by atoms with Gasteiger partial charge in [-0.05, 0) is 19.3 Å². The van der Waals surface area contributed by atoms with Crippen LogP contribution in [0.5, 0.6) is 0 Å². The predicted molar refractivity (Wildman–Crippen MR) is 64.3 cm³/mol. The number of carboxylic acid groups (broad SMARTS) is 1. The number of urea groups is 1. The van der Waals surface area contributed by atoms with Crippen LogP contribution >= 0.6 is 0 Å². The molecule has 2 rings (SSSR count). The number of carbonyl (C=O) groups excluding carboxylic acids is 1. The molecule has 102 valence electrons. The molecule has 0 bridgehead atoms. The minimum Gasteiger partial charge on any atom is -0.479 e. The van der Waals surface area contributed by atoms with Crippen molar-refractivity contribution in [2.45, 2.75) is 38.3 Å². The van der Waals surface area contributed by atoms with Gasteiger partial charge >= 0.3 is 12.0 Å². The highest BCUT2D eigenvalue weighted by atomic mass is 16.5. The van der Waals surface area contributed by atoms with Gasteiger partial charge in [-0.2, -0.15) is 0 Å². The van der Waals surface area contributed by atoms with Crippen LogP contribution in [-0.2, 0) is 9.53 Å². The summed E-state index contributed by atoms with van der Waals surface area (Å²) in [6.45, 7) is 5.19. The van der Waals surface area contributed by atoms with Gasteiger partial charge in [0.15, 0.2) is 5.54 Å². The molecule has 3 atom stereocenters. The zero-order chi connectivity index (χ0) is 13.3. The van der Waals surface area contributed by atoms with Crippen LogP contribution in [0.25, 0.3) is 0 Å². The molecule has 2 fully saturated rings. The van der Waals surface area contributed by atoms with Crippen molar-refractivity contribution in [2.75, 3.05) is 19.8 Å². The number of hydrogen-bond acceptors (Lipinski definition) is 3. The number of hydrogen-bond donors (Lipinski definition) is 2. The fourth-order valence-electron chi connectivity index (χ4n) is 2.75. The second-order valence-electron chi connectivity index (χ2n) is 5.46. The molecule has 2 N–H and O–H groups in total. The summed E-state index contributed by atoms with van der Waals surface area (Å²) in [6, 6.07) is -0.132. The zero-order valence-electron chi connectivity index (χ0n) is 10.8. The lowest BCUT2D eigenvalue weighted by atomic mass is 9.99. The lowest BCUT2D eigenvalue weighted by Crippen LogP contribution is -2.58. The molecule has 6 nitrogen and oxygen atoms in total. The van der Waals surface area contributed by atoms with Crippen LogP contribution in [0, 0.1) is 5.92 Å². The molecule has 18 heavy (non-hydrogen) atoms. The van der Waals surface area contributed by atoms with Crippen molar-refractivity contribution < 1.29 is 19.4 Å². The number of nitrogens with zero attached hydrogens (tertiary/aromatic N) is 1. The summed E-state index contributed by atoms with van der Waals surface area (Å²) in [5.74, 6) is -0.556. The van der Waals surface area contributed by atoms with E-state index in [1.54, 1.807) is 4.90 Å². The third kappa shape index (κ3) is 2.29. The number of rotatable bonds is 2. The molecule has 6 heteroatoms. The average Bonchev–Trinajstić information content (AvgIpc) is 2.86. The molecule has 0 saturated carbocycles. The number of aliphatic carboxylic acids is 1. The molecule has 0 aromatic rings. The summed E-state index contributed by atoms with van der Waals surface area (Å²) in [6.07, 6.45) is 1.29. The van der Waals surface area contributed by atoms with Crippen LogP contribution in [0.1, 0.15) is 26.7 Å². The summed E-state index contributed by atoms with van der Waals surface area (Å²) < 4.78 is 5.12. The van der Waals surface area contributed by atoms with E-state index in [9.17, 15) is 14.7 Å². The fourth-order valence-corrected chi connectivity index (χ4v) is 2.75. The van der Waals surface area contributed by atoms with E-state index in [1.165, 1.54) is 0 Å². The molecule has 0 aromatic carbocycles. The lowest BCUT2D eigenvalue weighted by molar-refractivity contribution is -0.144. The van der Waals surface area contributed by atoms with Gasteiger partial charge in [-0.1, -0.05) is 6.92 Å². The maximum atomic E-state index is 12.2. The van der Waals surface area contributed by atoms with Crippen LogP contribution in [0.15, 0.2) is 0 Å². The molecule has 0 aliphatic carbocycles. The molecule has 2 saturated heterocycles. The first-order valence-electron chi connectivity index (χ1n) is 6.34. The first-order valence-corrected chi connectivity index (χ1v) is 6.34. The standard InChI is InChI=1S/C12H20N2O4/c1-8-5-9(2)14(6-8)11(17)13-12(10(15)16)3-4-18-7-12/h8-9H,3-7H2,1-2H3,(H,13,17)(H,15,16). The fraction of sp³-hybridized carbons (Fsp3) is 0.833. The summed E-state index contributed by atoms with van der Waals surface area (Å²) in [7, 11) is 0. The van der Waals surface area contributed by atoms with Crippen molar-refractivity contribution in [1.29, 1.82) is 0 Å². The van der Waals surface area contributed by atoms with Gasteiger partial charge in [-0.15, -0.1) is 0 Å². The maximum Gasteiger partial charge on any atom is 0.332 e. The highest BCUT2D eigenvalue weighted by Crippen LogP contribution is 2.24. The largest absolute Gasteiger partial charge is 0.479 e. The van der Waals surface area contributed by atoms with Crippen molar-refractivity contribution in [3.05, 3.63) is 0 Å². The predicted octanol–water partition coefficient (Wildman–Crippen LogP) is 0.670. The number of amides is 2. The Hall–Kier alpha value is -1.30. The molecule has 2 heterocycles. The first kappa shape index (κ1) is 13.1. The Balaban J connectivity index is 2.04. The van der Waals surface area contributed by atoms with Crippen molar-refractivity contribution in [3.8, 4) is 0 Å². The van der Waals surface area contributed by atoms with E-state index in [1.807, 2.05) is 6.92 Å². The first-order chi connectivity index (χ1) is 8.44. The Morgan fingerprint density at radius 2 is 2.17 bits per heavy atom. The lowest BCUT2D eigenvalue weighted by Gasteiger charge is -2.29. The van der Waals surface area contributed by atoms with Crippen molar-refractivity contribution in [2.24, 2.45) is 5.92 Å². The van der Waals surface area contributed by atoms with Crippen LogP contribution < -0.4 is 5.32 Å². The van der Waals surface area contributed by atoms with Gasteiger partial charge in [0.05, 0.1) is 6.61 Å². The second kappa shape index (κ2) is 4.76. The Bertz CT molecular complexity index is 352. The Labute approximate surface area is 106 Å². The smallest absolute Gasteiger partial charge is 0.332 e. The highest BCUT2D eigenvalue weighted by Gasteiger charge is 2.45.